The molecule has 5 heteroatoms. The summed E-state index contributed by atoms with van der Waals surface area (Å²) in [6.07, 6.45) is 0. The Morgan fingerprint density at radius 3 is 2.67 bits per heavy atom. The molecule has 1 aromatic heterocycles. The van der Waals surface area contributed by atoms with Gasteiger partial charge in [-0.3, -0.25) is 5.10 Å². The topological polar surface area (TPSA) is 69.1 Å². The van der Waals surface area contributed by atoms with Crippen molar-refractivity contribution in [1.82, 2.24) is 10.2 Å². The molecule has 0 fully saturated rings. The molecule has 0 unspecified atom stereocenters. The summed E-state index contributed by atoms with van der Waals surface area (Å²) in [4.78, 5) is 0. The van der Waals surface area contributed by atoms with Gasteiger partial charge >= 0.3 is 7.12 Å². The van der Waals surface area contributed by atoms with Crippen LogP contribution in [0.3, 0.4) is 0 Å². The van der Waals surface area contributed by atoms with E-state index in [-0.39, 0.29) is 5.92 Å². The fourth-order valence-corrected chi connectivity index (χ4v) is 1.76. The lowest BCUT2D eigenvalue weighted by molar-refractivity contribution is 0.426. The highest BCUT2D eigenvalue weighted by atomic mass is 16.4. The van der Waals surface area contributed by atoms with Crippen LogP contribution in [-0.4, -0.2) is 27.4 Å². The van der Waals surface area contributed by atoms with Crippen molar-refractivity contribution in [3.63, 3.8) is 0 Å². The zero-order chi connectivity index (χ0) is 11.0. The summed E-state index contributed by atoms with van der Waals surface area (Å²) in [5.74, 6) is 0.249. The first-order chi connectivity index (χ1) is 7.11. The van der Waals surface area contributed by atoms with Gasteiger partial charge in [0.15, 0.2) is 0 Å². The smallest absolute Gasteiger partial charge is 0.423 e. The van der Waals surface area contributed by atoms with Gasteiger partial charge in [-0.05, 0) is 17.4 Å². The van der Waals surface area contributed by atoms with Gasteiger partial charge in [0.05, 0.1) is 11.2 Å². The Hall–Kier alpha value is -1.33. The molecule has 2 rings (SSSR count). The quantitative estimate of drug-likeness (QED) is 0.619. The van der Waals surface area contributed by atoms with Crippen molar-refractivity contribution in [2.45, 2.75) is 19.8 Å². The Morgan fingerprint density at radius 1 is 1.33 bits per heavy atom. The van der Waals surface area contributed by atoms with Gasteiger partial charge in [-0.1, -0.05) is 26.0 Å². The molecule has 3 N–H and O–H groups in total. The lowest BCUT2D eigenvalue weighted by Crippen LogP contribution is -2.30. The second kappa shape index (κ2) is 3.68. The van der Waals surface area contributed by atoms with E-state index < -0.39 is 7.12 Å². The summed E-state index contributed by atoms with van der Waals surface area (Å²) in [5.41, 5.74) is 2.21. The number of H-pyrrole nitrogens is 1. The van der Waals surface area contributed by atoms with Crippen LogP contribution in [0.2, 0.25) is 0 Å². The van der Waals surface area contributed by atoms with E-state index in [4.69, 9.17) is 0 Å². The lowest BCUT2D eigenvalue weighted by Gasteiger charge is -2.05. The van der Waals surface area contributed by atoms with Gasteiger partial charge in [0.25, 0.3) is 0 Å². The summed E-state index contributed by atoms with van der Waals surface area (Å²) in [6, 6.07) is 5.36. The van der Waals surface area contributed by atoms with Crippen molar-refractivity contribution >= 4 is 23.5 Å². The second-order valence-electron chi connectivity index (χ2n) is 3.91. The van der Waals surface area contributed by atoms with Gasteiger partial charge in [0.2, 0.25) is 0 Å². The number of aromatic nitrogens is 2. The first kappa shape index (κ1) is 10.2. The Morgan fingerprint density at radius 2 is 2.07 bits per heavy atom. The van der Waals surface area contributed by atoms with Gasteiger partial charge < -0.3 is 10.0 Å². The molecule has 0 spiro atoms. The van der Waals surface area contributed by atoms with E-state index in [1.807, 2.05) is 19.9 Å². The van der Waals surface area contributed by atoms with Gasteiger partial charge in [-0.15, -0.1) is 0 Å². The molecular weight excluding hydrogens is 191 g/mol. The van der Waals surface area contributed by atoms with Crippen LogP contribution in [0, 0.1) is 0 Å². The van der Waals surface area contributed by atoms with Gasteiger partial charge in [0.1, 0.15) is 0 Å². The molecule has 0 aliphatic carbocycles. The predicted octanol–water partition coefficient (Wildman–Crippen LogP) is 0.366. The average molecular weight is 204 g/mol. The predicted molar refractivity (Wildman–Crippen MR) is 60.0 cm³/mol. The van der Waals surface area contributed by atoms with E-state index in [0.717, 1.165) is 16.6 Å². The molecule has 0 saturated carbocycles. The molecule has 0 bridgehead atoms. The number of hydrogen-bond donors (Lipinski definition) is 3. The van der Waals surface area contributed by atoms with Gasteiger partial charge in [0, 0.05) is 5.39 Å². The van der Waals surface area contributed by atoms with Crippen LogP contribution in [0.1, 0.15) is 25.5 Å². The molecule has 2 aromatic rings. The molecule has 0 aliphatic rings. The Labute approximate surface area is 88.1 Å². The SMILES string of the molecule is CC(C)c1n[nH]c2cccc(B(O)O)c12. The fourth-order valence-electron chi connectivity index (χ4n) is 1.76. The highest BCUT2D eigenvalue weighted by Gasteiger charge is 2.19. The number of benzene rings is 1. The monoisotopic (exact) mass is 204 g/mol. The summed E-state index contributed by atoms with van der Waals surface area (Å²) in [6.45, 7) is 4.05. The largest absolute Gasteiger partial charge is 0.489 e. The zero-order valence-corrected chi connectivity index (χ0v) is 8.73. The molecule has 78 valence electrons. The lowest BCUT2D eigenvalue weighted by atomic mass is 9.77. The summed E-state index contributed by atoms with van der Waals surface area (Å²) < 4.78 is 0. The van der Waals surface area contributed by atoms with Gasteiger partial charge in [-0.2, -0.15) is 5.10 Å². The third kappa shape index (κ3) is 1.64. The van der Waals surface area contributed by atoms with Gasteiger partial charge in [-0.25, -0.2) is 0 Å². The van der Waals surface area contributed by atoms with Crippen molar-refractivity contribution in [1.29, 1.82) is 0 Å². The normalized spacial score (nSPS) is 11.3. The molecule has 0 aliphatic heterocycles. The number of aromatic amines is 1. The summed E-state index contributed by atoms with van der Waals surface area (Å²) in [7, 11) is -1.45. The number of nitrogens with zero attached hydrogens (tertiary/aromatic N) is 1. The van der Waals surface area contributed by atoms with Crippen molar-refractivity contribution < 1.29 is 10.0 Å². The minimum atomic E-state index is -1.45. The second-order valence-corrected chi connectivity index (χ2v) is 3.91. The van der Waals surface area contributed by atoms with E-state index in [9.17, 15) is 10.0 Å². The number of hydrogen-bond acceptors (Lipinski definition) is 3. The highest BCUT2D eigenvalue weighted by Crippen LogP contribution is 2.20. The maximum absolute atomic E-state index is 9.26. The standard InChI is InChI=1S/C10H13BN2O2/c1-6(2)10-9-7(11(14)15)4-3-5-8(9)12-13-10/h3-6,14-15H,1-2H3,(H,12,13). The maximum atomic E-state index is 9.26. The Balaban J connectivity index is 2.75. The summed E-state index contributed by atoms with van der Waals surface area (Å²) >= 11 is 0. The molecule has 4 nitrogen and oxygen atoms in total. The molecule has 1 heterocycles. The van der Waals surface area contributed by atoms with Crippen LogP contribution >= 0.6 is 0 Å². The maximum Gasteiger partial charge on any atom is 0.489 e. The van der Waals surface area contributed by atoms with Crippen LogP contribution in [0.5, 0.6) is 0 Å². The molecule has 0 saturated heterocycles. The van der Waals surface area contributed by atoms with Crippen molar-refractivity contribution in [3.05, 3.63) is 23.9 Å². The van der Waals surface area contributed by atoms with E-state index in [1.54, 1.807) is 12.1 Å². The van der Waals surface area contributed by atoms with Crippen LogP contribution in [0.4, 0.5) is 0 Å². The first-order valence-corrected chi connectivity index (χ1v) is 4.94. The minimum absolute atomic E-state index is 0.249. The Bertz CT molecular complexity index is 479. The van der Waals surface area contributed by atoms with Crippen LogP contribution in [-0.2, 0) is 0 Å². The third-order valence-electron chi connectivity index (χ3n) is 2.47. The van der Waals surface area contributed by atoms with Crippen molar-refractivity contribution in [2.75, 3.05) is 0 Å². The molecule has 0 radical (unpaired) electrons. The molecule has 0 atom stereocenters. The molecule has 0 amide bonds. The van der Waals surface area contributed by atoms with Crippen molar-refractivity contribution in [2.24, 2.45) is 0 Å². The Kier molecular flexibility index (Phi) is 2.50. The summed E-state index contributed by atoms with van der Waals surface area (Å²) in [5, 5.41) is 26.4. The third-order valence-corrected chi connectivity index (χ3v) is 2.47. The van der Waals surface area contributed by atoms with Crippen LogP contribution in [0.15, 0.2) is 18.2 Å². The van der Waals surface area contributed by atoms with E-state index in [1.165, 1.54) is 0 Å². The number of rotatable bonds is 2. The van der Waals surface area contributed by atoms with Crippen molar-refractivity contribution in [3.8, 4) is 0 Å². The zero-order valence-electron chi connectivity index (χ0n) is 8.73. The minimum Gasteiger partial charge on any atom is -0.423 e. The van der Waals surface area contributed by atoms with E-state index in [2.05, 4.69) is 10.2 Å². The number of fused-ring (bicyclic) bond motifs is 1. The van der Waals surface area contributed by atoms with E-state index in [0.29, 0.717) is 5.46 Å². The van der Waals surface area contributed by atoms with Crippen LogP contribution < -0.4 is 5.46 Å². The molecule has 1 aromatic carbocycles. The van der Waals surface area contributed by atoms with E-state index >= 15 is 0 Å². The number of nitrogens with one attached hydrogen (secondary N) is 1. The highest BCUT2D eigenvalue weighted by molar-refractivity contribution is 6.62. The first-order valence-electron chi connectivity index (χ1n) is 4.94. The molecular formula is C10H13BN2O2. The average Bonchev–Trinajstić information content (AvgIpc) is 2.60. The molecule has 15 heavy (non-hydrogen) atoms. The fraction of sp³-hybridized carbons (Fsp3) is 0.300. The van der Waals surface area contributed by atoms with Crippen LogP contribution in [0.25, 0.3) is 10.9 Å².